The van der Waals surface area contributed by atoms with E-state index in [1.807, 2.05) is 42.8 Å². The number of alkyl carbamates (subject to hydrolysis) is 2. The van der Waals surface area contributed by atoms with Crippen LogP contribution in [0.1, 0.15) is 82.2 Å². The van der Waals surface area contributed by atoms with Gasteiger partial charge in [0.05, 0.1) is 55.8 Å². The maximum Gasteiger partial charge on any atom is 0.407 e. The van der Waals surface area contributed by atoms with Crippen molar-refractivity contribution < 1.29 is 42.9 Å². The Kier molecular flexibility index (Phi) is 12.4. The molecule has 5 aromatic rings. The van der Waals surface area contributed by atoms with Crippen molar-refractivity contribution in [2.45, 2.75) is 89.7 Å². The highest BCUT2D eigenvalue weighted by molar-refractivity contribution is 6.07. The Balaban J connectivity index is 0.973. The molecule has 0 spiro atoms. The Bertz CT molecular complexity index is 2600. The average Bonchev–Trinajstić information content (AvgIpc) is 4.15. The number of benzene rings is 3. The molecule has 4 aliphatic rings. The summed E-state index contributed by atoms with van der Waals surface area (Å²) in [6.07, 6.45) is 4.07. The molecule has 17 nitrogen and oxygen atoms in total. The first kappa shape index (κ1) is 44.0. The predicted molar refractivity (Wildman–Crippen MR) is 241 cm³/mol. The van der Waals surface area contributed by atoms with E-state index < -0.39 is 24.3 Å². The van der Waals surface area contributed by atoms with Gasteiger partial charge in [-0.15, -0.1) is 0 Å². The summed E-state index contributed by atoms with van der Waals surface area (Å²) in [5.41, 5.74) is 6.50. The van der Waals surface area contributed by atoms with Gasteiger partial charge >= 0.3 is 12.2 Å². The minimum atomic E-state index is -0.758. The number of carbonyl (C=O) groups excluding carboxylic acids is 4. The van der Waals surface area contributed by atoms with Crippen molar-refractivity contribution in [1.82, 2.24) is 40.4 Å². The normalized spacial score (nSPS) is 21.8. The Labute approximate surface area is 377 Å². The van der Waals surface area contributed by atoms with Gasteiger partial charge in [0.1, 0.15) is 36.1 Å². The molecule has 4 amide bonds. The van der Waals surface area contributed by atoms with Crippen molar-refractivity contribution in [3.63, 3.8) is 0 Å². The molecule has 17 heteroatoms. The van der Waals surface area contributed by atoms with Crippen molar-refractivity contribution in [3.8, 4) is 28.1 Å². The van der Waals surface area contributed by atoms with Gasteiger partial charge in [-0.25, -0.2) is 19.6 Å². The zero-order valence-electron chi connectivity index (χ0n) is 37.8. The molecule has 2 aromatic heterocycles. The van der Waals surface area contributed by atoms with Crippen LogP contribution in [0, 0.1) is 17.8 Å². The monoisotopic (exact) mass is 890 g/mol. The van der Waals surface area contributed by atoms with Crippen LogP contribution in [-0.2, 0) is 35.1 Å². The first-order valence-electron chi connectivity index (χ1n) is 22.6. The molecule has 0 saturated carbocycles. The van der Waals surface area contributed by atoms with E-state index in [-0.39, 0.29) is 47.7 Å². The fraction of sp³-hybridized carbons (Fsp3) is 0.500. The van der Waals surface area contributed by atoms with Crippen LogP contribution in [0.5, 0.6) is 5.75 Å². The lowest BCUT2D eigenvalue weighted by atomic mass is 9.90. The third-order valence-corrected chi connectivity index (χ3v) is 13.8. The zero-order chi connectivity index (χ0) is 45.5. The SMILES string of the molecule is COC[C@H]1C[C@@H](c2nc3c(ccc4cc5c(cc43)OCc3cc(-c4cnc([C@@H]6CC[C@H](C)N6C(=O)C(NC(=O)OC)C(C)C)[nH]4)ccc3-5)[nH]2)N(C(=O)C(NC(=O)OC)C2CCOCC2)C1. The number of H-pyrrole nitrogens is 2. The lowest BCUT2D eigenvalue weighted by molar-refractivity contribution is -0.138. The molecule has 0 aliphatic carbocycles. The summed E-state index contributed by atoms with van der Waals surface area (Å²) >= 11 is 0. The van der Waals surface area contributed by atoms with Gasteiger partial charge < -0.3 is 54.1 Å². The van der Waals surface area contributed by atoms with Crippen LogP contribution in [-0.4, -0.2) is 120 Å². The molecule has 4 aliphatic heterocycles. The fourth-order valence-corrected chi connectivity index (χ4v) is 10.3. The quantitative estimate of drug-likeness (QED) is 0.109. The standard InChI is InChI=1S/C48H58N8O9/c1-25(2)40(53-47(59)62-5)46(58)56-26(3)7-12-37(56)43-49-21-36(51-43)30-8-10-32-31(18-30)24-65-39-20-33-29(19-34(32)39)9-11-35-42(33)52-44(50-35)38-17-27(23-61-4)22-55(38)45(57)41(54-48(60)63-6)28-13-15-64-16-14-28/h8-11,18-21,25-28,37-38,40-41H,7,12-17,22-24H2,1-6H3,(H,49,51)(H,50,52)(H,53,59)(H,54,60)/t26-,27-,37-,38-,40?,41?/m0/s1. The molecular weight excluding hydrogens is 833 g/mol. The van der Waals surface area contributed by atoms with E-state index in [0.717, 1.165) is 68.3 Å². The summed E-state index contributed by atoms with van der Waals surface area (Å²) in [7, 11) is 4.26. The van der Waals surface area contributed by atoms with E-state index in [1.165, 1.54) is 14.2 Å². The number of nitrogens with one attached hydrogen (secondary N) is 4. The predicted octanol–water partition coefficient (Wildman–Crippen LogP) is 6.79. The van der Waals surface area contributed by atoms with Gasteiger partial charge in [-0.3, -0.25) is 9.59 Å². The van der Waals surface area contributed by atoms with Gasteiger partial charge in [-0.2, -0.15) is 0 Å². The van der Waals surface area contributed by atoms with Crippen molar-refractivity contribution in [1.29, 1.82) is 0 Å². The third-order valence-electron chi connectivity index (χ3n) is 13.8. The summed E-state index contributed by atoms with van der Waals surface area (Å²) in [6.45, 7) is 8.22. The number of aromatic amines is 2. The van der Waals surface area contributed by atoms with Crippen molar-refractivity contribution in [3.05, 3.63) is 65.9 Å². The van der Waals surface area contributed by atoms with Crippen LogP contribution in [0.2, 0.25) is 0 Å². The lowest BCUT2D eigenvalue weighted by Crippen LogP contribution is -2.53. The van der Waals surface area contributed by atoms with Crippen LogP contribution >= 0.6 is 0 Å². The number of carbonyl (C=O) groups is 4. The van der Waals surface area contributed by atoms with Crippen LogP contribution in [0.4, 0.5) is 9.59 Å². The molecule has 3 fully saturated rings. The molecule has 3 saturated heterocycles. The number of likely N-dealkylation sites (tertiary alicyclic amines) is 2. The van der Waals surface area contributed by atoms with Crippen LogP contribution in [0.3, 0.4) is 0 Å². The van der Waals surface area contributed by atoms with Crippen molar-refractivity contribution in [2.75, 3.05) is 47.7 Å². The minimum absolute atomic E-state index is 0.0225. The molecule has 4 N–H and O–H groups in total. The molecule has 6 atom stereocenters. The number of methoxy groups -OCH3 is 3. The largest absolute Gasteiger partial charge is 0.488 e. The highest BCUT2D eigenvalue weighted by Crippen LogP contribution is 2.44. The Morgan fingerprint density at radius 1 is 0.877 bits per heavy atom. The highest BCUT2D eigenvalue weighted by atomic mass is 16.5. The number of aromatic nitrogens is 4. The number of imidazole rings is 2. The first-order valence-corrected chi connectivity index (χ1v) is 22.6. The fourth-order valence-electron chi connectivity index (χ4n) is 10.3. The van der Waals surface area contributed by atoms with E-state index in [9.17, 15) is 19.2 Å². The Morgan fingerprint density at radius 3 is 2.42 bits per heavy atom. The van der Waals surface area contributed by atoms with Gasteiger partial charge in [-0.05, 0) is 97.2 Å². The van der Waals surface area contributed by atoms with Gasteiger partial charge in [0.15, 0.2) is 0 Å². The summed E-state index contributed by atoms with van der Waals surface area (Å²) in [6, 6.07) is 12.5. The second-order valence-electron chi connectivity index (χ2n) is 18.2. The molecule has 3 aromatic carbocycles. The summed E-state index contributed by atoms with van der Waals surface area (Å²) < 4.78 is 27.4. The molecular formula is C48H58N8O9. The maximum absolute atomic E-state index is 14.5. The first-order chi connectivity index (χ1) is 31.5. The third kappa shape index (κ3) is 8.47. The number of hydrogen-bond acceptors (Lipinski definition) is 11. The van der Waals surface area contributed by atoms with E-state index in [0.29, 0.717) is 63.9 Å². The molecule has 344 valence electrons. The molecule has 9 rings (SSSR count). The maximum atomic E-state index is 14.5. The Morgan fingerprint density at radius 2 is 1.66 bits per heavy atom. The van der Waals surface area contributed by atoms with Crippen molar-refractivity contribution in [2.24, 2.45) is 17.8 Å². The lowest BCUT2D eigenvalue weighted by Gasteiger charge is -2.34. The van der Waals surface area contributed by atoms with E-state index in [1.54, 1.807) is 7.11 Å². The van der Waals surface area contributed by atoms with Crippen LogP contribution < -0.4 is 15.4 Å². The zero-order valence-corrected chi connectivity index (χ0v) is 37.8. The topological polar surface area (TPSA) is 202 Å². The molecule has 0 radical (unpaired) electrons. The molecule has 6 heterocycles. The highest BCUT2D eigenvalue weighted by Gasteiger charge is 2.44. The van der Waals surface area contributed by atoms with Gasteiger partial charge in [0.2, 0.25) is 11.8 Å². The number of rotatable bonds is 11. The van der Waals surface area contributed by atoms with Gasteiger partial charge in [-0.1, -0.05) is 32.0 Å². The molecule has 0 bridgehead atoms. The van der Waals surface area contributed by atoms with E-state index >= 15 is 0 Å². The minimum Gasteiger partial charge on any atom is -0.488 e. The second kappa shape index (κ2) is 18.4. The summed E-state index contributed by atoms with van der Waals surface area (Å²) in [5.74, 6) is 1.68. The number of hydrogen-bond donors (Lipinski definition) is 4. The smallest absolute Gasteiger partial charge is 0.407 e. The van der Waals surface area contributed by atoms with Crippen molar-refractivity contribution >= 4 is 45.8 Å². The van der Waals surface area contributed by atoms with E-state index in [2.05, 4.69) is 57.0 Å². The van der Waals surface area contributed by atoms with Gasteiger partial charge in [0, 0.05) is 49.8 Å². The van der Waals surface area contributed by atoms with E-state index in [4.69, 9.17) is 33.7 Å². The molecule has 2 unspecified atom stereocenters. The number of fused-ring (bicyclic) bond motifs is 6. The van der Waals surface area contributed by atoms with Crippen LogP contribution in [0.15, 0.2) is 48.7 Å². The van der Waals surface area contributed by atoms with Gasteiger partial charge in [0.25, 0.3) is 0 Å². The Hall–Kier alpha value is -6.20. The summed E-state index contributed by atoms with van der Waals surface area (Å²) in [5, 5.41) is 7.50. The number of nitrogens with zero attached hydrogens (tertiary/aromatic N) is 4. The average molecular weight is 891 g/mol. The summed E-state index contributed by atoms with van der Waals surface area (Å²) in [4.78, 5) is 73.7. The molecule has 65 heavy (non-hydrogen) atoms. The van der Waals surface area contributed by atoms with Crippen LogP contribution in [0.25, 0.3) is 44.2 Å². The number of ether oxygens (including phenoxy) is 5. The number of amides is 4. The second-order valence-corrected chi connectivity index (χ2v) is 18.2.